The van der Waals surface area contributed by atoms with E-state index in [9.17, 15) is 19.2 Å². The standard InChI is InChI=1S/C13H14N4O5/c1-5-4-7(11(19)17(3)6(2)12(20)21)14-9-8(5)10(18)16-13(22)15-9/h4,6H,1-3H3,(H,20,21)(H2,14,15,16,18,22). The summed E-state index contributed by atoms with van der Waals surface area (Å²) >= 11 is 0. The van der Waals surface area contributed by atoms with Crippen LogP contribution >= 0.6 is 0 Å². The number of aromatic nitrogens is 3. The molecule has 0 radical (unpaired) electrons. The third-order valence-electron chi connectivity index (χ3n) is 3.38. The number of aromatic amines is 2. The Morgan fingerprint density at radius 2 is 1.95 bits per heavy atom. The summed E-state index contributed by atoms with van der Waals surface area (Å²) in [5.41, 5.74) is -0.964. The number of H-pyrrole nitrogens is 2. The van der Waals surface area contributed by atoms with Crippen molar-refractivity contribution in [2.24, 2.45) is 0 Å². The molecule has 2 aromatic heterocycles. The van der Waals surface area contributed by atoms with Gasteiger partial charge in [0.25, 0.3) is 11.5 Å². The van der Waals surface area contributed by atoms with E-state index in [1.165, 1.54) is 20.0 Å². The molecule has 116 valence electrons. The maximum atomic E-state index is 12.3. The van der Waals surface area contributed by atoms with Gasteiger partial charge in [0, 0.05) is 7.05 Å². The number of hydrogen-bond donors (Lipinski definition) is 3. The summed E-state index contributed by atoms with van der Waals surface area (Å²) in [5, 5.41) is 9.11. The van der Waals surface area contributed by atoms with Gasteiger partial charge >= 0.3 is 11.7 Å². The SMILES string of the molecule is Cc1cc(C(=O)N(C)C(C)C(=O)O)nc2[nH]c(=O)[nH]c(=O)c12. The average molecular weight is 306 g/mol. The van der Waals surface area contributed by atoms with E-state index in [1.54, 1.807) is 6.92 Å². The first-order chi connectivity index (χ1) is 10.2. The van der Waals surface area contributed by atoms with Crippen molar-refractivity contribution in [1.82, 2.24) is 19.9 Å². The number of aryl methyl sites for hydroxylation is 1. The van der Waals surface area contributed by atoms with Crippen LogP contribution < -0.4 is 11.2 Å². The molecule has 0 spiro atoms. The van der Waals surface area contributed by atoms with Gasteiger partial charge in [-0.1, -0.05) is 0 Å². The van der Waals surface area contributed by atoms with Gasteiger partial charge in [0.05, 0.1) is 5.39 Å². The monoisotopic (exact) mass is 306 g/mol. The summed E-state index contributed by atoms with van der Waals surface area (Å²) in [4.78, 5) is 55.7. The van der Waals surface area contributed by atoms with Crippen molar-refractivity contribution < 1.29 is 14.7 Å². The fourth-order valence-corrected chi connectivity index (χ4v) is 1.99. The molecular weight excluding hydrogens is 292 g/mol. The van der Waals surface area contributed by atoms with E-state index in [0.29, 0.717) is 5.56 Å². The number of amides is 1. The molecule has 22 heavy (non-hydrogen) atoms. The third-order valence-corrected chi connectivity index (χ3v) is 3.38. The van der Waals surface area contributed by atoms with Crippen molar-refractivity contribution in [1.29, 1.82) is 0 Å². The van der Waals surface area contributed by atoms with Crippen LogP contribution in [-0.2, 0) is 4.79 Å². The van der Waals surface area contributed by atoms with Crippen LogP contribution in [0.1, 0.15) is 23.0 Å². The van der Waals surface area contributed by atoms with Crippen LogP contribution in [-0.4, -0.2) is 49.9 Å². The molecule has 2 aromatic rings. The molecule has 3 N–H and O–H groups in total. The smallest absolute Gasteiger partial charge is 0.327 e. The Morgan fingerprint density at radius 3 is 2.55 bits per heavy atom. The molecule has 0 aliphatic heterocycles. The Kier molecular flexibility index (Phi) is 3.81. The predicted octanol–water partition coefficient (Wildman–Crippen LogP) is -0.535. The number of fused-ring (bicyclic) bond motifs is 1. The molecule has 2 heterocycles. The van der Waals surface area contributed by atoms with Gasteiger partial charge in [-0.3, -0.25) is 19.6 Å². The van der Waals surface area contributed by atoms with Gasteiger partial charge in [0.1, 0.15) is 17.4 Å². The molecule has 9 nitrogen and oxygen atoms in total. The molecule has 0 aromatic carbocycles. The lowest BCUT2D eigenvalue weighted by atomic mass is 10.1. The Morgan fingerprint density at radius 1 is 1.32 bits per heavy atom. The lowest BCUT2D eigenvalue weighted by Crippen LogP contribution is -2.40. The summed E-state index contributed by atoms with van der Waals surface area (Å²) < 4.78 is 0. The quantitative estimate of drug-likeness (QED) is 0.697. The molecule has 9 heteroatoms. The number of likely N-dealkylation sites (N-methyl/N-ethyl adjacent to an activating group) is 1. The molecule has 0 aliphatic carbocycles. The van der Waals surface area contributed by atoms with Crippen LogP contribution in [0.25, 0.3) is 11.0 Å². The van der Waals surface area contributed by atoms with E-state index in [2.05, 4.69) is 15.0 Å². The van der Waals surface area contributed by atoms with E-state index in [4.69, 9.17) is 5.11 Å². The minimum Gasteiger partial charge on any atom is -0.480 e. The summed E-state index contributed by atoms with van der Waals surface area (Å²) in [6.07, 6.45) is 0. The summed E-state index contributed by atoms with van der Waals surface area (Å²) in [5.74, 6) is -1.78. The second-order valence-electron chi connectivity index (χ2n) is 4.89. The van der Waals surface area contributed by atoms with Gasteiger partial charge in [0.15, 0.2) is 0 Å². The van der Waals surface area contributed by atoms with Gasteiger partial charge < -0.3 is 10.0 Å². The van der Waals surface area contributed by atoms with Crippen LogP contribution in [0.4, 0.5) is 0 Å². The highest BCUT2D eigenvalue weighted by atomic mass is 16.4. The molecule has 1 unspecified atom stereocenters. The largest absolute Gasteiger partial charge is 0.480 e. The average Bonchev–Trinajstić information content (AvgIpc) is 2.43. The molecule has 1 amide bonds. The summed E-state index contributed by atoms with van der Waals surface area (Å²) in [6, 6.07) is 0.340. The number of aliphatic carboxylic acids is 1. The fraction of sp³-hybridized carbons (Fsp3) is 0.308. The number of carbonyl (C=O) groups excluding carboxylic acids is 1. The van der Waals surface area contributed by atoms with Crippen LogP contribution in [0, 0.1) is 6.92 Å². The molecular formula is C13H14N4O5. The molecule has 2 rings (SSSR count). The number of carboxylic acid groups (broad SMARTS) is 1. The van der Waals surface area contributed by atoms with Gasteiger partial charge in [-0.05, 0) is 25.5 Å². The zero-order valence-corrected chi connectivity index (χ0v) is 12.1. The minimum atomic E-state index is -1.15. The molecule has 0 saturated carbocycles. The van der Waals surface area contributed by atoms with Crippen LogP contribution in [0.2, 0.25) is 0 Å². The number of carbonyl (C=O) groups is 2. The van der Waals surface area contributed by atoms with Gasteiger partial charge in [0.2, 0.25) is 0 Å². The number of nitrogens with zero attached hydrogens (tertiary/aromatic N) is 2. The van der Waals surface area contributed by atoms with Crippen LogP contribution in [0.15, 0.2) is 15.7 Å². The highest BCUT2D eigenvalue weighted by molar-refractivity contribution is 5.96. The zero-order valence-electron chi connectivity index (χ0n) is 12.1. The number of pyridine rings is 1. The highest BCUT2D eigenvalue weighted by Gasteiger charge is 2.24. The number of nitrogens with one attached hydrogen (secondary N) is 2. The van der Waals surface area contributed by atoms with Crippen molar-refractivity contribution in [3.05, 3.63) is 38.2 Å². The lowest BCUT2D eigenvalue weighted by molar-refractivity contribution is -0.141. The Bertz CT molecular complexity index is 882. The van der Waals surface area contributed by atoms with Crippen LogP contribution in [0.3, 0.4) is 0 Å². The fourth-order valence-electron chi connectivity index (χ4n) is 1.99. The van der Waals surface area contributed by atoms with E-state index in [-0.39, 0.29) is 16.7 Å². The van der Waals surface area contributed by atoms with E-state index in [0.717, 1.165) is 4.90 Å². The minimum absolute atomic E-state index is 0.0199. The van der Waals surface area contributed by atoms with Crippen molar-refractivity contribution in [3.8, 4) is 0 Å². The Labute approximate surface area is 123 Å². The second kappa shape index (κ2) is 5.43. The lowest BCUT2D eigenvalue weighted by Gasteiger charge is -2.21. The number of hydrogen-bond acceptors (Lipinski definition) is 5. The molecule has 0 fully saturated rings. The van der Waals surface area contributed by atoms with Gasteiger partial charge in [-0.15, -0.1) is 0 Å². The first kappa shape index (κ1) is 15.4. The van der Waals surface area contributed by atoms with Crippen molar-refractivity contribution in [2.75, 3.05) is 7.05 Å². The van der Waals surface area contributed by atoms with E-state index >= 15 is 0 Å². The van der Waals surface area contributed by atoms with Crippen molar-refractivity contribution in [2.45, 2.75) is 19.9 Å². The summed E-state index contributed by atoms with van der Waals surface area (Å²) in [6.45, 7) is 2.95. The van der Waals surface area contributed by atoms with E-state index < -0.39 is 29.2 Å². The van der Waals surface area contributed by atoms with Crippen molar-refractivity contribution >= 4 is 22.9 Å². The third kappa shape index (κ3) is 2.60. The first-order valence-electron chi connectivity index (χ1n) is 6.36. The maximum absolute atomic E-state index is 12.3. The number of rotatable bonds is 3. The number of carboxylic acids is 1. The summed E-state index contributed by atoms with van der Waals surface area (Å²) in [7, 11) is 1.34. The normalized spacial score (nSPS) is 12.1. The van der Waals surface area contributed by atoms with Gasteiger partial charge in [-0.25, -0.2) is 14.6 Å². The zero-order chi connectivity index (χ0) is 16.6. The molecule has 0 bridgehead atoms. The maximum Gasteiger partial charge on any atom is 0.327 e. The molecule has 0 aliphatic rings. The Balaban J connectivity index is 2.58. The van der Waals surface area contributed by atoms with E-state index in [1.807, 2.05) is 0 Å². The predicted molar refractivity (Wildman–Crippen MR) is 76.9 cm³/mol. The van der Waals surface area contributed by atoms with Crippen molar-refractivity contribution in [3.63, 3.8) is 0 Å². The first-order valence-corrected chi connectivity index (χ1v) is 6.36. The highest BCUT2D eigenvalue weighted by Crippen LogP contribution is 2.13. The molecule has 1 atom stereocenters. The second-order valence-corrected chi connectivity index (χ2v) is 4.89. The van der Waals surface area contributed by atoms with Gasteiger partial charge in [-0.2, -0.15) is 0 Å². The topological polar surface area (TPSA) is 136 Å². The van der Waals surface area contributed by atoms with Crippen LogP contribution in [0.5, 0.6) is 0 Å². The molecule has 0 saturated heterocycles. The Hall–Kier alpha value is -2.97.